The van der Waals surface area contributed by atoms with Gasteiger partial charge in [0.05, 0.1) is 6.61 Å². The van der Waals surface area contributed by atoms with Crippen molar-refractivity contribution in [2.75, 3.05) is 13.4 Å². The summed E-state index contributed by atoms with van der Waals surface area (Å²) in [6, 6.07) is 8.32. The zero-order chi connectivity index (χ0) is 14.7. The molecule has 0 fully saturated rings. The number of methoxy groups -OCH3 is 1. The highest BCUT2D eigenvalue weighted by Crippen LogP contribution is 2.36. The molecule has 1 aromatic carbocycles. The largest absolute Gasteiger partial charge is 0.380 e. The number of hydrogen-bond acceptors (Lipinski definition) is 7. The number of thioether (sulfide) groups is 1. The molecule has 0 saturated carbocycles. The van der Waals surface area contributed by atoms with Gasteiger partial charge in [0.15, 0.2) is 9.99 Å². The average Bonchev–Trinajstić information content (AvgIpc) is 2.94. The summed E-state index contributed by atoms with van der Waals surface area (Å²) in [6.07, 6.45) is 3.60. The Labute approximate surface area is 135 Å². The van der Waals surface area contributed by atoms with Crippen LogP contribution in [0.3, 0.4) is 0 Å². The van der Waals surface area contributed by atoms with E-state index in [0.29, 0.717) is 6.61 Å². The maximum atomic E-state index is 5.12. The Kier molecular flexibility index (Phi) is 4.74. The van der Waals surface area contributed by atoms with Gasteiger partial charge >= 0.3 is 0 Å². The molecular weight excluding hydrogens is 322 g/mol. The quantitative estimate of drug-likeness (QED) is 0.517. The van der Waals surface area contributed by atoms with Gasteiger partial charge in [-0.2, -0.15) is 0 Å². The van der Waals surface area contributed by atoms with E-state index in [1.807, 2.05) is 6.26 Å². The minimum Gasteiger partial charge on any atom is -0.380 e. The highest BCUT2D eigenvalue weighted by atomic mass is 32.2. The third kappa shape index (κ3) is 3.37. The highest BCUT2D eigenvalue weighted by Gasteiger charge is 2.11. The Morgan fingerprint density at radius 2 is 2.00 bits per heavy atom. The molecular formula is C14H13N3OS3. The fourth-order valence-electron chi connectivity index (χ4n) is 1.81. The van der Waals surface area contributed by atoms with E-state index >= 15 is 0 Å². The van der Waals surface area contributed by atoms with Gasteiger partial charge in [0, 0.05) is 12.0 Å². The van der Waals surface area contributed by atoms with Crippen LogP contribution in [0.15, 0.2) is 44.9 Å². The van der Waals surface area contributed by atoms with Crippen molar-refractivity contribution in [3.05, 3.63) is 36.2 Å². The predicted octanol–water partition coefficient (Wildman–Crippen LogP) is 4.11. The molecule has 0 amide bonds. The van der Waals surface area contributed by atoms with E-state index in [-0.39, 0.29) is 0 Å². The van der Waals surface area contributed by atoms with Crippen LogP contribution in [0.5, 0.6) is 0 Å². The first-order chi connectivity index (χ1) is 10.3. The normalized spacial score (nSPS) is 11.1. The Morgan fingerprint density at radius 3 is 2.71 bits per heavy atom. The monoisotopic (exact) mass is 335 g/mol. The molecule has 0 bridgehead atoms. The molecule has 0 atom stereocenters. The Hall–Kier alpha value is -1.15. The zero-order valence-corrected chi connectivity index (χ0v) is 14.0. The van der Waals surface area contributed by atoms with E-state index < -0.39 is 0 Å². The van der Waals surface area contributed by atoms with Crippen molar-refractivity contribution in [2.24, 2.45) is 0 Å². The number of aromatic nitrogens is 3. The van der Waals surface area contributed by atoms with Crippen molar-refractivity contribution in [2.45, 2.75) is 20.9 Å². The third-order valence-corrected chi connectivity index (χ3v) is 5.94. The van der Waals surface area contributed by atoms with Gasteiger partial charge in [-0.05, 0) is 24.0 Å². The first-order valence-corrected chi connectivity index (χ1v) is 9.07. The summed E-state index contributed by atoms with van der Waals surface area (Å²) < 4.78 is 7.19. The van der Waals surface area contributed by atoms with Crippen molar-refractivity contribution in [3.63, 3.8) is 0 Å². The SMILES string of the molecule is COCc1ccc(Sc2ncnc3nc(SC)sc23)cc1. The number of hydrogen-bond donors (Lipinski definition) is 0. The molecule has 0 N–H and O–H groups in total. The molecule has 0 aliphatic rings. The molecule has 21 heavy (non-hydrogen) atoms. The molecule has 2 heterocycles. The van der Waals surface area contributed by atoms with Crippen LogP contribution in [0.25, 0.3) is 10.3 Å². The first kappa shape index (κ1) is 14.8. The van der Waals surface area contributed by atoms with Crippen LogP contribution in [0.4, 0.5) is 0 Å². The molecule has 108 valence electrons. The molecule has 2 aromatic heterocycles. The third-order valence-electron chi connectivity index (χ3n) is 2.76. The molecule has 0 radical (unpaired) electrons. The Morgan fingerprint density at radius 1 is 1.19 bits per heavy atom. The van der Waals surface area contributed by atoms with Gasteiger partial charge in [-0.1, -0.05) is 35.7 Å². The lowest BCUT2D eigenvalue weighted by molar-refractivity contribution is 0.185. The molecule has 0 spiro atoms. The van der Waals surface area contributed by atoms with Crippen LogP contribution in [0.2, 0.25) is 0 Å². The molecule has 3 aromatic rings. The van der Waals surface area contributed by atoms with Gasteiger partial charge in [0.2, 0.25) is 0 Å². The Bertz CT molecular complexity index is 743. The highest BCUT2D eigenvalue weighted by molar-refractivity contribution is 8.01. The van der Waals surface area contributed by atoms with Crippen molar-refractivity contribution >= 4 is 45.2 Å². The summed E-state index contributed by atoms with van der Waals surface area (Å²) in [5.74, 6) is 0. The fourth-order valence-corrected chi connectivity index (χ4v) is 4.23. The molecule has 3 rings (SSSR count). The van der Waals surface area contributed by atoms with Crippen LogP contribution in [0.1, 0.15) is 5.56 Å². The predicted molar refractivity (Wildman–Crippen MR) is 88.3 cm³/mol. The summed E-state index contributed by atoms with van der Waals surface area (Å²) >= 11 is 4.91. The average molecular weight is 335 g/mol. The van der Waals surface area contributed by atoms with Gasteiger partial charge in [-0.3, -0.25) is 0 Å². The van der Waals surface area contributed by atoms with Gasteiger partial charge in [0.1, 0.15) is 16.1 Å². The Balaban J connectivity index is 1.88. The zero-order valence-electron chi connectivity index (χ0n) is 11.6. The molecule has 7 heteroatoms. The minimum absolute atomic E-state index is 0.634. The maximum Gasteiger partial charge on any atom is 0.175 e. The van der Waals surface area contributed by atoms with Gasteiger partial charge in [-0.15, -0.1) is 11.3 Å². The van der Waals surface area contributed by atoms with Crippen LogP contribution in [-0.4, -0.2) is 28.3 Å². The van der Waals surface area contributed by atoms with Crippen LogP contribution < -0.4 is 0 Å². The van der Waals surface area contributed by atoms with Crippen molar-refractivity contribution < 1.29 is 4.74 Å². The van der Waals surface area contributed by atoms with Crippen LogP contribution in [-0.2, 0) is 11.3 Å². The van der Waals surface area contributed by atoms with E-state index in [2.05, 4.69) is 39.2 Å². The second-order valence-corrected chi connectivity index (χ2v) is 7.31. The van der Waals surface area contributed by atoms with Crippen molar-refractivity contribution in [1.29, 1.82) is 0 Å². The van der Waals surface area contributed by atoms with E-state index in [4.69, 9.17) is 4.74 Å². The number of benzene rings is 1. The first-order valence-electron chi connectivity index (χ1n) is 6.21. The van der Waals surface area contributed by atoms with Crippen LogP contribution in [0, 0.1) is 0 Å². The lowest BCUT2D eigenvalue weighted by atomic mass is 10.2. The topological polar surface area (TPSA) is 47.9 Å². The summed E-state index contributed by atoms with van der Waals surface area (Å²) in [5, 5.41) is 0.956. The van der Waals surface area contributed by atoms with Gasteiger partial charge in [-0.25, -0.2) is 15.0 Å². The summed E-state index contributed by atoms with van der Waals surface area (Å²) in [4.78, 5) is 14.3. The number of thiazole rings is 1. The van der Waals surface area contributed by atoms with E-state index in [0.717, 1.165) is 30.2 Å². The molecule has 0 aliphatic carbocycles. The lowest BCUT2D eigenvalue weighted by Gasteiger charge is -2.03. The lowest BCUT2D eigenvalue weighted by Crippen LogP contribution is -1.87. The second kappa shape index (κ2) is 6.74. The van der Waals surface area contributed by atoms with E-state index in [9.17, 15) is 0 Å². The standard InChI is InChI=1S/C14H13N3OS3/c1-18-7-9-3-5-10(6-4-9)20-13-11-12(15-8-16-13)17-14(19-2)21-11/h3-6,8H,7H2,1-2H3. The number of fused-ring (bicyclic) bond motifs is 1. The van der Waals surface area contributed by atoms with Crippen LogP contribution >= 0.6 is 34.9 Å². The molecule has 4 nitrogen and oxygen atoms in total. The number of rotatable bonds is 5. The smallest absolute Gasteiger partial charge is 0.175 e. The summed E-state index contributed by atoms with van der Waals surface area (Å²) in [7, 11) is 1.70. The summed E-state index contributed by atoms with van der Waals surface area (Å²) in [5.41, 5.74) is 1.94. The molecule has 0 aliphatic heterocycles. The second-order valence-electron chi connectivity index (χ2n) is 4.19. The van der Waals surface area contributed by atoms with Crippen molar-refractivity contribution in [3.8, 4) is 0 Å². The van der Waals surface area contributed by atoms with E-state index in [1.54, 1.807) is 48.3 Å². The molecule has 0 unspecified atom stereocenters. The fraction of sp³-hybridized carbons (Fsp3) is 0.214. The summed E-state index contributed by atoms with van der Waals surface area (Å²) in [6.45, 7) is 0.634. The molecule has 0 saturated heterocycles. The van der Waals surface area contributed by atoms with Gasteiger partial charge < -0.3 is 4.74 Å². The maximum absolute atomic E-state index is 5.12. The van der Waals surface area contributed by atoms with Crippen molar-refractivity contribution in [1.82, 2.24) is 15.0 Å². The number of ether oxygens (including phenoxy) is 1. The van der Waals surface area contributed by atoms with E-state index in [1.165, 1.54) is 0 Å². The van der Waals surface area contributed by atoms with Gasteiger partial charge in [0.25, 0.3) is 0 Å². The number of nitrogens with zero attached hydrogens (tertiary/aromatic N) is 3. The minimum atomic E-state index is 0.634.